The Morgan fingerprint density at radius 2 is 2.07 bits per heavy atom. The Kier molecular flexibility index (Phi) is 5.76. The summed E-state index contributed by atoms with van der Waals surface area (Å²) in [5, 5.41) is 3.90. The molecule has 3 aromatic heterocycles. The zero-order chi connectivity index (χ0) is 21.1. The number of anilines is 1. The second-order valence-electron chi connectivity index (χ2n) is 6.79. The van der Waals surface area contributed by atoms with E-state index in [-0.39, 0.29) is 0 Å². The highest BCUT2D eigenvalue weighted by molar-refractivity contribution is 6.32. The highest BCUT2D eigenvalue weighted by Crippen LogP contribution is 2.40. The third-order valence-corrected chi connectivity index (χ3v) is 5.28. The molecular weight excluding hydrogens is 407 g/mol. The molecule has 9 heteroatoms. The van der Waals surface area contributed by atoms with Gasteiger partial charge in [0.15, 0.2) is 11.5 Å². The Bertz CT molecular complexity index is 1200. The van der Waals surface area contributed by atoms with Crippen LogP contribution in [-0.4, -0.2) is 38.6 Å². The van der Waals surface area contributed by atoms with E-state index in [1.54, 1.807) is 19.6 Å². The molecule has 0 saturated carbocycles. The molecule has 0 aliphatic rings. The number of nitrogens with one attached hydrogen (secondary N) is 2. The number of imidazole rings is 1. The predicted molar refractivity (Wildman–Crippen MR) is 114 cm³/mol. The number of pyridine rings is 1. The Morgan fingerprint density at radius 3 is 2.87 bits per heavy atom. The number of aromatic amines is 1. The quantitative estimate of drug-likeness (QED) is 0.421. The van der Waals surface area contributed by atoms with E-state index in [1.165, 1.54) is 18.6 Å². The maximum absolute atomic E-state index is 13.8. The van der Waals surface area contributed by atoms with Gasteiger partial charge in [-0.15, -0.1) is 0 Å². The number of aromatic nitrogens is 5. The summed E-state index contributed by atoms with van der Waals surface area (Å²) in [5.41, 5.74) is 4.55. The van der Waals surface area contributed by atoms with Gasteiger partial charge < -0.3 is 15.0 Å². The van der Waals surface area contributed by atoms with Crippen molar-refractivity contribution >= 4 is 28.6 Å². The lowest BCUT2D eigenvalue weighted by Gasteiger charge is -2.18. The smallest absolute Gasteiger partial charge is 0.162 e. The molecule has 7 nitrogen and oxygen atoms in total. The molecule has 3 heterocycles. The average molecular weight is 427 g/mol. The molecule has 0 saturated heterocycles. The fourth-order valence-corrected chi connectivity index (χ4v) is 3.70. The van der Waals surface area contributed by atoms with Crippen LogP contribution >= 0.6 is 11.6 Å². The highest BCUT2D eigenvalue weighted by atomic mass is 35.5. The van der Waals surface area contributed by atoms with E-state index < -0.39 is 5.82 Å². The second kappa shape index (κ2) is 8.62. The van der Waals surface area contributed by atoms with Gasteiger partial charge in [0, 0.05) is 28.9 Å². The number of hydrogen-bond acceptors (Lipinski definition) is 6. The fraction of sp³-hybridized carbons (Fsp3) is 0.238. The lowest BCUT2D eigenvalue weighted by Crippen LogP contribution is -2.07. The van der Waals surface area contributed by atoms with Gasteiger partial charge >= 0.3 is 0 Å². The van der Waals surface area contributed by atoms with Crippen LogP contribution in [0.3, 0.4) is 0 Å². The Labute approximate surface area is 177 Å². The summed E-state index contributed by atoms with van der Waals surface area (Å²) in [4.78, 5) is 19.5. The molecule has 0 spiro atoms. The van der Waals surface area contributed by atoms with Gasteiger partial charge in [-0.3, -0.25) is 4.98 Å². The molecule has 0 aliphatic heterocycles. The highest BCUT2D eigenvalue weighted by Gasteiger charge is 2.18. The first-order valence-electron chi connectivity index (χ1n) is 9.43. The van der Waals surface area contributed by atoms with Gasteiger partial charge in [-0.05, 0) is 43.0 Å². The number of H-pyrrole nitrogens is 1. The minimum atomic E-state index is -0.408. The third kappa shape index (κ3) is 3.91. The van der Waals surface area contributed by atoms with Crippen molar-refractivity contribution in [2.75, 3.05) is 19.0 Å². The standard InChI is InChI=1S/C21H20ClFN6O/c1-12-16(22)7-13(19(30-2)17(12)14-6-15(23)9-24-8-14)4-3-5-25-20-18-21(27-10-26-18)29-11-28-20/h6-11H,3-5H2,1-2H3,(H2,25,26,27,28,29). The molecule has 0 bridgehead atoms. The normalized spacial score (nSPS) is 11.1. The zero-order valence-electron chi connectivity index (χ0n) is 16.5. The molecule has 2 N–H and O–H groups in total. The molecule has 0 amide bonds. The number of benzene rings is 1. The Morgan fingerprint density at radius 1 is 1.20 bits per heavy atom. The summed E-state index contributed by atoms with van der Waals surface area (Å²) in [6.45, 7) is 2.56. The van der Waals surface area contributed by atoms with Gasteiger partial charge in [0.25, 0.3) is 0 Å². The van der Waals surface area contributed by atoms with E-state index in [0.29, 0.717) is 46.3 Å². The number of aryl methyl sites for hydroxylation is 1. The molecule has 0 radical (unpaired) electrons. The molecule has 4 rings (SSSR count). The van der Waals surface area contributed by atoms with Crippen LogP contribution in [-0.2, 0) is 6.42 Å². The van der Waals surface area contributed by atoms with E-state index >= 15 is 0 Å². The van der Waals surface area contributed by atoms with Crippen LogP contribution in [0.5, 0.6) is 5.75 Å². The second-order valence-corrected chi connectivity index (χ2v) is 7.20. The number of hydrogen-bond donors (Lipinski definition) is 2. The number of nitrogens with zero attached hydrogens (tertiary/aromatic N) is 4. The van der Waals surface area contributed by atoms with Gasteiger partial charge in [-0.2, -0.15) is 0 Å². The maximum atomic E-state index is 13.8. The van der Waals surface area contributed by atoms with Crippen LogP contribution in [0.25, 0.3) is 22.3 Å². The number of methoxy groups -OCH3 is 1. The monoisotopic (exact) mass is 426 g/mol. The zero-order valence-corrected chi connectivity index (χ0v) is 17.3. The van der Waals surface area contributed by atoms with Gasteiger partial charge in [0.05, 0.1) is 19.6 Å². The summed E-state index contributed by atoms with van der Waals surface area (Å²) < 4.78 is 19.5. The number of rotatable bonds is 7. The summed E-state index contributed by atoms with van der Waals surface area (Å²) >= 11 is 6.49. The van der Waals surface area contributed by atoms with Crippen molar-refractivity contribution in [2.24, 2.45) is 0 Å². The molecular formula is C21H20ClFN6O. The van der Waals surface area contributed by atoms with Gasteiger partial charge in [0.2, 0.25) is 0 Å². The summed E-state index contributed by atoms with van der Waals surface area (Å²) in [5.74, 6) is 0.955. The minimum absolute atomic E-state index is 0.408. The lowest BCUT2D eigenvalue weighted by molar-refractivity contribution is 0.410. The van der Waals surface area contributed by atoms with Crippen molar-refractivity contribution in [1.29, 1.82) is 0 Å². The molecule has 0 fully saturated rings. The third-order valence-electron chi connectivity index (χ3n) is 4.88. The Hall–Kier alpha value is -3.26. The van der Waals surface area contributed by atoms with Crippen LogP contribution in [0, 0.1) is 12.7 Å². The van der Waals surface area contributed by atoms with Crippen LogP contribution in [0.15, 0.2) is 37.2 Å². The number of fused-ring (bicyclic) bond motifs is 1. The predicted octanol–water partition coefficient (Wildman–Crippen LogP) is 4.57. The summed E-state index contributed by atoms with van der Waals surface area (Å²) in [6, 6.07) is 3.34. The van der Waals surface area contributed by atoms with Crippen LogP contribution in [0.1, 0.15) is 17.5 Å². The average Bonchev–Trinajstić information content (AvgIpc) is 3.23. The molecule has 154 valence electrons. The number of ether oxygens (including phenoxy) is 1. The van der Waals surface area contributed by atoms with Gasteiger partial charge in [-0.25, -0.2) is 19.3 Å². The molecule has 0 unspecified atom stereocenters. The first-order chi connectivity index (χ1) is 14.6. The van der Waals surface area contributed by atoms with E-state index in [0.717, 1.165) is 23.1 Å². The minimum Gasteiger partial charge on any atom is -0.496 e. The fourth-order valence-electron chi connectivity index (χ4n) is 3.47. The molecule has 0 atom stereocenters. The van der Waals surface area contributed by atoms with Crippen molar-refractivity contribution in [3.8, 4) is 16.9 Å². The summed E-state index contributed by atoms with van der Waals surface area (Å²) in [6.07, 6.45) is 7.37. The largest absolute Gasteiger partial charge is 0.496 e. The SMILES string of the molecule is COc1c(CCCNc2ncnc3[nH]cnc23)cc(Cl)c(C)c1-c1cncc(F)c1. The van der Waals surface area contributed by atoms with E-state index in [1.807, 2.05) is 13.0 Å². The van der Waals surface area contributed by atoms with Crippen molar-refractivity contribution in [1.82, 2.24) is 24.9 Å². The van der Waals surface area contributed by atoms with Crippen molar-refractivity contribution < 1.29 is 9.13 Å². The molecule has 4 aromatic rings. The van der Waals surface area contributed by atoms with Crippen molar-refractivity contribution in [2.45, 2.75) is 19.8 Å². The van der Waals surface area contributed by atoms with E-state index in [4.69, 9.17) is 16.3 Å². The molecule has 0 aliphatic carbocycles. The number of halogens is 2. The van der Waals surface area contributed by atoms with Crippen molar-refractivity contribution in [3.63, 3.8) is 0 Å². The van der Waals surface area contributed by atoms with Crippen LogP contribution in [0.4, 0.5) is 10.2 Å². The van der Waals surface area contributed by atoms with Gasteiger partial charge in [0.1, 0.15) is 23.4 Å². The van der Waals surface area contributed by atoms with E-state index in [2.05, 4.69) is 30.2 Å². The van der Waals surface area contributed by atoms with Crippen LogP contribution in [0.2, 0.25) is 5.02 Å². The van der Waals surface area contributed by atoms with E-state index in [9.17, 15) is 4.39 Å². The first kappa shape index (κ1) is 20.0. The summed E-state index contributed by atoms with van der Waals surface area (Å²) in [7, 11) is 1.61. The van der Waals surface area contributed by atoms with Crippen LogP contribution < -0.4 is 10.1 Å². The lowest BCUT2D eigenvalue weighted by atomic mass is 9.95. The topological polar surface area (TPSA) is 88.6 Å². The first-order valence-corrected chi connectivity index (χ1v) is 9.81. The Balaban J connectivity index is 1.55. The van der Waals surface area contributed by atoms with Gasteiger partial charge in [-0.1, -0.05) is 11.6 Å². The molecule has 30 heavy (non-hydrogen) atoms. The molecule has 1 aromatic carbocycles. The maximum Gasteiger partial charge on any atom is 0.162 e. The van der Waals surface area contributed by atoms with Crippen molar-refractivity contribution in [3.05, 3.63) is 59.1 Å².